The average molecular weight is 441 g/mol. The molecule has 3 atom stereocenters. The highest BCUT2D eigenvalue weighted by atomic mass is 16.5. The van der Waals surface area contributed by atoms with Crippen LogP contribution in [-0.4, -0.2) is 56.9 Å². The van der Waals surface area contributed by atoms with E-state index in [1.165, 1.54) is 4.90 Å². The van der Waals surface area contributed by atoms with Gasteiger partial charge >= 0.3 is 6.09 Å². The Labute approximate surface area is 185 Å². The summed E-state index contributed by atoms with van der Waals surface area (Å²) < 4.78 is 8.12. The van der Waals surface area contributed by atoms with Crippen LogP contribution in [0, 0.1) is 11.3 Å². The smallest absolute Gasteiger partial charge is 0.407 e. The zero-order valence-corrected chi connectivity index (χ0v) is 18.3. The number of nitrogens with one attached hydrogen (secondary N) is 1. The highest BCUT2D eigenvalue weighted by Crippen LogP contribution is 2.47. The molecule has 1 aromatic carbocycles. The summed E-state index contributed by atoms with van der Waals surface area (Å²) in [5.74, 6) is 0.155. The van der Waals surface area contributed by atoms with E-state index in [2.05, 4.69) is 17.3 Å². The number of carbonyl (C=O) groups excluding carboxylic acids is 2. The first kappa shape index (κ1) is 20.8. The molecular formula is C23H28N4O5. The number of amides is 3. The third kappa shape index (κ3) is 3.49. The number of hydrogen-bond acceptors (Lipinski definition) is 5. The van der Waals surface area contributed by atoms with Gasteiger partial charge in [0.15, 0.2) is 0 Å². The first-order chi connectivity index (χ1) is 15.2. The van der Waals surface area contributed by atoms with Crippen molar-refractivity contribution in [3.8, 4) is 5.75 Å². The van der Waals surface area contributed by atoms with Crippen molar-refractivity contribution in [3.63, 3.8) is 0 Å². The molecule has 2 aliphatic heterocycles. The number of hydrogen-bond donors (Lipinski definition) is 2. The summed E-state index contributed by atoms with van der Waals surface area (Å²) in [5.41, 5.74) is 1.69. The topological polar surface area (TPSA) is 114 Å². The Morgan fingerprint density at radius 1 is 1.28 bits per heavy atom. The molecule has 1 aliphatic carbocycles. The number of benzene rings is 1. The maximum absolute atomic E-state index is 12.3. The molecular weight excluding hydrogens is 412 g/mol. The summed E-state index contributed by atoms with van der Waals surface area (Å²) in [4.78, 5) is 36.4. The molecule has 3 heterocycles. The van der Waals surface area contributed by atoms with Gasteiger partial charge in [-0.05, 0) is 43.7 Å². The summed E-state index contributed by atoms with van der Waals surface area (Å²) in [7, 11) is 1.85. The Kier molecular flexibility index (Phi) is 4.87. The number of carbonyl (C=O) groups is 3. The van der Waals surface area contributed by atoms with Crippen molar-refractivity contribution in [1.82, 2.24) is 20.0 Å². The molecule has 0 radical (unpaired) electrons. The van der Waals surface area contributed by atoms with Gasteiger partial charge in [-0.15, -0.1) is 0 Å². The molecule has 1 saturated carbocycles. The normalized spacial score (nSPS) is 27.3. The van der Waals surface area contributed by atoms with Crippen LogP contribution in [0.25, 0.3) is 10.9 Å². The lowest BCUT2D eigenvalue weighted by Crippen LogP contribution is -2.60. The number of rotatable bonds is 3. The number of aryl methyl sites for hydroxylation is 1. The molecule has 1 aromatic heterocycles. The van der Waals surface area contributed by atoms with E-state index in [0.29, 0.717) is 37.5 Å². The summed E-state index contributed by atoms with van der Waals surface area (Å²) in [5, 5.41) is 17.0. The Hall–Kier alpha value is -3.10. The lowest BCUT2D eigenvalue weighted by Gasteiger charge is -2.53. The van der Waals surface area contributed by atoms with Gasteiger partial charge in [0, 0.05) is 43.4 Å². The Morgan fingerprint density at radius 2 is 2.06 bits per heavy atom. The number of piperidine rings is 1. The monoisotopic (exact) mass is 440 g/mol. The minimum Gasteiger partial charge on any atom is -0.490 e. The predicted octanol–water partition coefficient (Wildman–Crippen LogP) is 2.64. The van der Waals surface area contributed by atoms with E-state index < -0.39 is 12.0 Å². The van der Waals surface area contributed by atoms with Crippen LogP contribution < -0.4 is 10.1 Å². The lowest BCUT2D eigenvalue weighted by molar-refractivity contribution is -0.134. The van der Waals surface area contributed by atoms with E-state index in [-0.39, 0.29) is 23.3 Å². The van der Waals surface area contributed by atoms with Crippen molar-refractivity contribution in [2.45, 2.75) is 51.0 Å². The standard InChI is InChI=1S/C23H28N4O5/c1-13-10-23(11-27(12-23)22(30)31)8-7-18(13)32-14-3-4-15-17(9-14)26(2)25-20(15)16-5-6-19(28)24-21(16)29/h3-4,9,13,16,18H,5-8,10-12H2,1-2H3,(H,30,31)(H,24,28,29)/t13-,16?,18-/m0/s1. The van der Waals surface area contributed by atoms with Gasteiger partial charge in [-0.3, -0.25) is 19.6 Å². The highest BCUT2D eigenvalue weighted by molar-refractivity contribution is 6.02. The largest absolute Gasteiger partial charge is 0.490 e. The molecule has 9 nitrogen and oxygen atoms in total. The van der Waals surface area contributed by atoms with E-state index in [9.17, 15) is 14.4 Å². The molecule has 9 heteroatoms. The molecule has 1 spiro atoms. The third-order valence-corrected chi connectivity index (χ3v) is 7.38. The summed E-state index contributed by atoms with van der Waals surface area (Å²) in [6.07, 6.45) is 2.88. The SMILES string of the molecule is C[C@H]1CC2(CC[C@@H]1Oc1ccc3c(C4CCC(=O)NC4=O)nn(C)c3c1)CN(C(=O)O)C2. The van der Waals surface area contributed by atoms with E-state index in [4.69, 9.17) is 9.84 Å². The first-order valence-electron chi connectivity index (χ1n) is 11.2. The Morgan fingerprint density at radius 3 is 2.75 bits per heavy atom. The quantitative estimate of drug-likeness (QED) is 0.710. The van der Waals surface area contributed by atoms with Gasteiger partial charge in [0.05, 0.1) is 17.1 Å². The molecule has 2 aromatic rings. The fourth-order valence-corrected chi connectivity index (χ4v) is 5.74. The minimum absolute atomic E-state index is 0.0831. The summed E-state index contributed by atoms with van der Waals surface area (Å²) >= 11 is 0. The number of ether oxygens (including phenoxy) is 1. The number of aromatic nitrogens is 2. The average Bonchev–Trinajstić information content (AvgIpc) is 3.03. The van der Waals surface area contributed by atoms with Gasteiger partial charge in [-0.1, -0.05) is 6.92 Å². The maximum atomic E-state index is 12.3. The van der Waals surface area contributed by atoms with Gasteiger partial charge in [0.2, 0.25) is 11.8 Å². The second-order valence-corrected chi connectivity index (χ2v) is 9.71. The predicted molar refractivity (Wildman–Crippen MR) is 115 cm³/mol. The Balaban J connectivity index is 1.30. The molecule has 5 rings (SSSR count). The molecule has 32 heavy (non-hydrogen) atoms. The van der Waals surface area contributed by atoms with Gasteiger partial charge in [0.25, 0.3) is 0 Å². The van der Waals surface area contributed by atoms with Crippen molar-refractivity contribution in [2.24, 2.45) is 18.4 Å². The first-order valence-corrected chi connectivity index (χ1v) is 11.2. The van der Waals surface area contributed by atoms with Gasteiger partial charge < -0.3 is 14.7 Å². The van der Waals surface area contributed by atoms with Crippen molar-refractivity contribution < 1.29 is 24.2 Å². The van der Waals surface area contributed by atoms with Gasteiger partial charge in [-0.25, -0.2) is 4.79 Å². The fraction of sp³-hybridized carbons (Fsp3) is 0.565. The van der Waals surface area contributed by atoms with Crippen LogP contribution in [0.1, 0.15) is 50.6 Å². The maximum Gasteiger partial charge on any atom is 0.407 e. The van der Waals surface area contributed by atoms with Crippen LogP contribution in [-0.2, 0) is 16.6 Å². The van der Waals surface area contributed by atoms with E-state index in [1.54, 1.807) is 4.68 Å². The number of carboxylic acid groups (broad SMARTS) is 1. The lowest BCUT2D eigenvalue weighted by atomic mass is 9.64. The molecule has 3 fully saturated rings. The van der Waals surface area contributed by atoms with Crippen LogP contribution in [0.4, 0.5) is 4.79 Å². The van der Waals surface area contributed by atoms with Gasteiger partial charge in [0.1, 0.15) is 11.9 Å². The van der Waals surface area contributed by atoms with Crippen molar-refractivity contribution in [3.05, 3.63) is 23.9 Å². The van der Waals surface area contributed by atoms with Crippen molar-refractivity contribution >= 4 is 28.8 Å². The minimum atomic E-state index is -0.831. The van der Waals surface area contributed by atoms with E-state index in [1.807, 2.05) is 25.2 Å². The van der Waals surface area contributed by atoms with Crippen LogP contribution in [0.2, 0.25) is 0 Å². The van der Waals surface area contributed by atoms with Gasteiger partial charge in [-0.2, -0.15) is 5.10 Å². The Bertz CT molecular complexity index is 1100. The molecule has 1 unspecified atom stereocenters. The highest BCUT2D eigenvalue weighted by Gasteiger charge is 2.49. The number of fused-ring (bicyclic) bond motifs is 1. The molecule has 3 aliphatic rings. The molecule has 3 amide bonds. The molecule has 2 N–H and O–H groups in total. The van der Waals surface area contributed by atoms with Crippen LogP contribution >= 0.6 is 0 Å². The zero-order chi connectivity index (χ0) is 22.6. The number of nitrogens with zero attached hydrogens (tertiary/aromatic N) is 3. The van der Waals surface area contributed by atoms with Crippen LogP contribution in [0.5, 0.6) is 5.75 Å². The molecule has 2 saturated heterocycles. The fourth-order valence-electron chi connectivity index (χ4n) is 5.74. The van der Waals surface area contributed by atoms with Crippen LogP contribution in [0.15, 0.2) is 18.2 Å². The van der Waals surface area contributed by atoms with Crippen LogP contribution in [0.3, 0.4) is 0 Å². The molecule has 0 bridgehead atoms. The summed E-state index contributed by atoms with van der Waals surface area (Å²) in [6.45, 7) is 3.44. The van der Waals surface area contributed by atoms with Crippen molar-refractivity contribution in [2.75, 3.05) is 13.1 Å². The van der Waals surface area contributed by atoms with E-state index in [0.717, 1.165) is 35.9 Å². The zero-order valence-electron chi connectivity index (χ0n) is 18.3. The number of imide groups is 1. The third-order valence-electron chi connectivity index (χ3n) is 7.38. The number of likely N-dealkylation sites (tertiary alicyclic amines) is 1. The van der Waals surface area contributed by atoms with E-state index >= 15 is 0 Å². The summed E-state index contributed by atoms with van der Waals surface area (Å²) in [6, 6.07) is 5.83. The molecule has 170 valence electrons. The second-order valence-electron chi connectivity index (χ2n) is 9.71. The second kappa shape index (κ2) is 7.50. The van der Waals surface area contributed by atoms with Crippen molar-refractivity contribution in [1.29, 1.82) is 0 Å².